The van der Waals surface area contributed by atoms with Crippen LogP contribution in [0.2, 0.25) is 0 Å². The van der Waals surface area contributed by atoms with Crippen LogP contribution in [-0.4, -0.2) is 54.0 Å². The molecule has 0 aliphatic heterocycles. The Morgan fingerprint density at radius 2 is 1.87 bits per heavy atom. The second-order valence-electron chi connectivity index (χ2n) is 6.59. The van der Waals surface area contributed by atoms with E-state index >= 15 is 0 Å². The summed E-state index contributed by atoms with van der Waals surface area (Å²) in [5, 5.41) is 11.7. The molecule has 31 heavy (non-hydrogen) atoms. The SMILES string of the molecule is CCN(CC)CCN(C(=O)c1cccc([N+](=O)[O-])c1)c1nc2c(OC)cccc2s1.Cl. The summed E-state index contributed by atoms with van der Waals surface area (Å²) in [5.41, 5.74) is 0.838. The number of ether oxygens (including phenoxy) is 1. The maximum atomic E-state index is 13.4. The van der Waals surface area contributed by atoms with Crippen LogP contribution in [0.5, 0.6) is 5.75 Å². The maximum Gasteiger partial charge on any atom is 0.270 e. The van der Waals surface area contributed by atoms with Gasteiger partial charge in [-0.1, -0.05) is 37.3 Å². The van der Waals surface area contributed by atoms with E-state index in [1.807, 2.05) is 18.2 Å². The summed E-state index contributed by atoms with van der Waals surface area (Å²) in [5.74, 6) is 0.324. The first-order valence-corrected chi connectivity index (χ1v) is 10.5. The highest BCUT2D eigenvalue weighted by atomic mass is 35.5. The highest BCUT2D eigenvalue weighted by molar-refractivity contribution is 7.22. The number of rotatable bonds is 9. The fourth-order valence-electron chi connectivity index (χ4n) is 3.17. The van der Waals surface area contributed by atoms with Gasteiger partial charge in [0.15, 0.2) is 5.13 Å². The first-order chi connectivity index (χ1) is 14.5. The first-order valence-electron chi connectivity index (χ1n) is 9.70. The van der Waals surface area contributed by atoms with Gasteiger partial charge in [0.2, 0.25) is 0 Å². The fraction of sp³-hybridized carbons (Fsp3) is 0.333. The van der Waals surface area contributed by atoms with Gasteiger partial charge in [-0.15, -0.1) is 12.4 Å². The molecule has 2 aromatic carbocycles. The van der Waals surface area contributed by atoms with Crippen LogP contribution >= 0.6 is 23.7 Å². The number of aromatic nitrogens is 1. The summed E-state index contributed by atoms with van der Waals surface area (Å²) < 4.78 is 6.30. The van der Waals surface area contributed by atoms with Crippen molar-refractivity contribution in [2.75, 3.05) is 38.2 Å². The van der Waals surface area contributed by atoms with E-state index < -0.39 is 4.92 Å². The van der Waals surface area contributed by atoms with Gasteiger partial charge in [0, 0.05) is 30.8 Å². The van der Waals surface area contributed by atoms with E-state index in [0.717, 1.165) is 17.8 Å². The minimum Gasteiger partial charge on any atom is -0.494 e. The molecule has 3 aromatic rings. The van der Waals surface area contributed by atoms with E-state index in [2.05, 4.69) is 23.7 Å². The van der Waals surface area contributed by atoms with Gasteiger partial charge in [-0.3, -0.25) is 19.8 Å². The number of anilines is 1. The summed E-state index contributed by atoms with van der Waals surface area (Å²) in [6.07, 6.45) is 0. The monoisotopic (exact) mass is 464 g/mol. The van der Waals surface area contributed by atoms with Crippen LogP contribution in [0, 0.1) is 10.1 Å². The molecule has 0 spiro atoms. The zero-order valence-corrected chi connectivity index (χ0v) is 19.2. The number of hydrogen-bond acceptors (Lipinski definition) is 7. The van der Waals surface area contributed by atoms with E-state index in [9.17, 15) is 14.9 Å². The van der Waals surface area contributed by atoms with Gasteiger partial charge >= 0.3 is 0 Å². The van der Waals surface area contributed by atoms with Crippen molar-refractivity contribution < 1.29 is 14.5 Å². The molecule has 0 atom stereocenters. The number of likely N-dealkylation sites (N-methyl/N-ethyl adjacent to an activating group) is 1. The van der Waals surface area contributed by atoms with Crippen LogP contribution in [0.3, 0.4) is 0 Å². The quantitative estimate of drug-likeness (QED) is 0.339. The lowest BCUT2D eigenvalue weighted by molar-refractivity contribution is -0.384. The molecule has 3 rings (SSSR count). The van der Waals surface area contributed by atoms with Crippen LogP contribution in [0.4, 0.5) is 10.8 Å². The summed E-state index contributed by atoms with van der Waals surface area (Å²) in [6.45, 7) is 6.95. The Morgan fingerprint density at radius 3 is 2.52 bits per heavy atom. The Balaban J connectivity index is 0.00000341. The molecule has 0 fully saturated rings. The number of halogens is 1. The number of carbonyl (C=O) groups excluding carboxylic acids is 1. The number of nitrogens with zero attached hydrogens (tertiary/aromatic N) is 4. The minimum absolute atomic E-state index is 0. The van der Waals surface area contributed by atoms with Crippen LogP contribution in [-0.2, 0) is 0 Å². The Morgan fingerprint density at radius 1 is 1.16 bits per heavy atom. The topological polar surface area (TPSA) is 88.8 Å². The lowest BCUT2D eigenvalue weighted by atomic mass is 10.2. The molecule has 0 aliphatic rings. The fourth-order valence-corrected chi connectivity index (χ4v) is 4.17. The molecule has 0 bridgehead atoms. The summed E-state index contributed by atoms with van der Waals surface area (Å²) >= 11 is 1.40. The number of para-hydroxylation sites is 1. The third-order valence-electron chi connectivity index (χ3n) is 4.90. The van der Waals surface area contributed by atoms with Gasteiger partial charge in [-0.2, -0.15) is 0 Å². The predicted octanol–water partition coefficient (Wildman–Crippen LogP) is 4.62. The molecule has 166 valence electrons. The molecule has 1 amide bonds. The van der Waals surface area contributed by atoms with Crippen molar-refractivity contribution in [3.63, 3.8) is 0 Å². The lowest BCUT2D eigenvalue weighted by Gasteiger charge is -2.24. The van der Waals surface area contributed by atoms with E-state index in [1.54, 1.807) is 18.1 Å². The van der Waals surface area contributed by atoms with Crippen LogP contribution in [0.25, 0.3) is 10.2 Å². The van der Waals surface area contributed by atoms with E-state index in [-0.39, 0.29) is 29.6 Å². The van der Waals surface area contributed by atoms with Gasteiger partial charge in [0.25, 0.3) is 11.6 Å². The summed E-state index contributed by atoms with van der Waals surface area (Å²) in [6, 6.07) is 11.4. The van der Waals surface area contributed by atoms with Crippen molar-refractivity contribution in [2.45, 2.75) is 13.8 Å². The molecule has 10 heteroatoms. The van der Waals surface area contributed by atoms with Crippen molar-refractivity contribution in [3.05, 3.63) is 58.1 Å². The molecule has 0 aliphatic carbocycles. The van der Waals surface area contributed by atoms with Gasteiger partial charge in [0.1, 0.15) is 11.3 Å². The Labute approximate surface area is 191 Å². The zero-order chi connectivity index (χ0) is 21.7. The number of carbonyl (C=O) groups is 1. The van der Waals surface area contributed by atoms with Gasteiger partial charge < -0.3 is 9.64 Å². The van der Waals surface area contributed by atoms with Crippen LogP contribution < -0.4 is 9.64 Å². The van der Waals surface area contributed by atoms with Gasteiger partial charge in [-0.05, 0) is 31.3 Å². The molecular formula is C21H25ClN4O4S. The molecule has 0 radical (unpaired) electrons. The highest BCUT2D eigenvalue weighted by Gasteiger charge is 2.24. The summed E-state index contributed by atoms with van der Waals surface area (Å²) in [7, 11) is 1.58. The normalized spacial score (nSPS) is 10.7. The van der Waals surface area contributed by atoms with E-state index in [0.29, 0.717) is 29.5 Å². The number of non-ortho nitro benzene ring substituents is 1. The standard InChI is InChI=1S/C21H24N4O4S.ClH/c1-4-23(5-2)12-13-24(20(26)15-8-6-9-16(14-15)25(27)28)21-22-19-17(29-3)10-7-11-18(19)30-21;/h6-11,14H,4-5,12-13H2,1-3H3;1H. The van der Waals surface area contributed by atoms with Crippen LogP contribution in [0.1, 0.15) is 24.2 Å². The number of nitro benzene ring substituents is 1. The molecule has 0 saturated carbocycles. The second-order valence-corrected chi connectivity index (χ2v) is 7.60. The third kappa shape index (κ3) is 5.49. The number of nitro groups is 1. The molecule has 8 nitrogen and oxygen atoms in total. The summed E-state index contributed by atoms with van der Waals surface area (Å²) in [4.78, 5) is 32.5. The zero-order valence-electron chi connectivity index (χ0n) is 17.6. The molecule has 0 saturated heterocycles. The molecule has 1 heterocycles. The van der Waals surface area contributed by atoms with E-state index in [1.165, 1.54) is 29.5 Å². The van der Waals surface area contributed by atoms with Gasteiger partial charge in [0.05, 0.1) is 16.7 Å². The number of benzene rings is 2. The third-order valence-corrected chi connectivity index (χ3v) is 5.95. The first kappa shape index (κ1) is 24.5. The maximum absolute atomic E-state index is 13.4. The number of hydrogen-bond donors (Lipinski definition) is 0. The van der Waals surface area contributed by atoms with Crippen molar-refractivity contribution in [2.24, 2.45) is 0 Å². The van der Waals surface area contributed by atoms with Crippen molar-refractivity contribution in [1.29, 1.82) is 0 Å². The van der Waals surface area contributed by atoms with Crippen molar-refractivity contribution in [3.8, 4) is 5.75 Å². The van der Waals surface area contributed by atoms with Gasteiger partial charge in [-0.25, -0.2) is 4.98 Å². The number of amides is 1. The number of fused-ring (bicyclic) bond motifs is 1. The molecule has 0 N–H and O–H groups in total. The van der Waals surface area contributed by atoms with Crippen molar-refractivity contribution in [1.82, 2.24) is 9.88 Å². The van der Waals surface area contributed by atoms with Crippen molar-refractivity contribution >= 4 is 50.7 Å². The smallest absolute Gasteiger partial charge is 0.270 e. The average Bonchev–Trinajstić information content (AvgIpc) is 3.20. The average molecular weight is 465 g/mol. The predicted molar refractivity (Wildman–Crippen MR) is 126 cm³/mol. The highest BCUT2D eigenvalue weighted by Crippen LogP contribution is 2.34. The number of methoxy groups -OCH3 is 1. The number of thiazole rings is 1. The minimum atomic E-state index is -0.500. The Kier molecular flexibility index (Phi) is 8.73. The Bertz CT molecular complexity index is 1050. The van der Waals surface area contributed by atoms with Crippen LogP contribution in [0.15, 0.2) is 42.5 Å². The van der Waals surface area contributed by atoms with E-state index in [4.69, 9.17) is 4.74 Å². The second kappa shape index (κ2) is 11.0. The lowest BCUT2D eigenvalue weighted by Crippen LogP contribution is -2.38. The molecule has 0 unspecified atom stereocenters. The largest absolute Gasteiger partial charge is 0.494 e. The molecule has 1 aromatic heterocycles. The molecular weight excluding hydrogens is 440 g/mol. The Hall–Kier alpha value is -2.75.